The van der Waals surface area contributed by atoms with E-state index in [0.29, 0.717) is 22.0 Å². The van der Waals surface area contributed by atoms with Crippen molar-refractivity contribution in [2.24, 2.45) is 0 Å². The molecule has 0 bridgehead atoms. The van der Waals surface area contributed by atoms with E-state index in [4.69, 9.17) is 4.74 Å². The van der Waals surface area contributed by atoms with Crippen LogP contribution >= 0.6 is 0 Å². The predicted molar refractivity (Wildman–Crippen MR) is 90.7 cm³/mol. The van der Waals surface area contributed by atoms with E-state index in [2.05, 4.69) is 4.98 Å². The maximum Gasteiger partial charge on any atom is 0.340 e. The van der Waals surface area contributed by atoms with Gasteiger partial charge < -0.3 is 9.72 Å². The second-order valence-corrected chi connectivity index (χ2v) is 5.30. The number of hydrogen-bond acceptors (Lipinski definition) is 3. The van der Waals surface area contributed by atoms with E-state index in [9.17, 15) is 9.59 Å². The number of aromatic nitrogens is 1. The van der Waals surface area contributed by atoms with Gasteiger partial charge in [0.1, 0.15) is 0 Å². The van der Waals surface area contributed by atoms with Crippen molar-refractivity contribution in [3.05, 3.63) is 70.1 Å². The Morgan fingerprint density at radius 2 is 1.78 bits per heavy atom. The number of fused-ring (bicyclic) bond motifs is 1. The molecule has 0 saturated carbocycles. The zero-order chi connectivity index (χ0) is 16.4. The molecule has 0 saturated heterocycles. The highest BCUT2D eigenvalue weighted by atomic mass is 16.5. The van der Waals surface area contributed by atoms with E-state index >= 15 is 0 Å². The Morgan fingerprint density at radius 3 is 2.48 bits per heavy atom. The first kappa shape index (κ1) is 15.0. The molecule has 0 aliphatic carbocycles. The fraction of sp³-hybridized carbons (Fsp3) is 0.158. The van der Waals surface area contributed by atoms with E-state index in [-0.39, 0.29) is 12.2 Å². The Kier molecular flexibility index (Phi) is 3.98. The van der Waals surface area contributed by atoms with Crippen LogP contribution in [0.1, 0.15) is 23.0 Å². The van der Waals surface area contributed by atoms with E-state index in [0.717, 1.165) is 11.1 Å². The molecule has 116 valence electrons. The molecule has 0 radical (unpaired) electrons. The Balaban J connectivity index is 2.29. The average molecular weight is 307 g/mol. The van der Waals surface area contributed by atoms with Crippen LogP contribution in [-0.2, 0) is 4.74 Å². The summed E-state index contributed by atoms with van der Waals surface area (Å²) in [5.74, 6) is -0.420. The number of esters is 1. The van der Waals surface area contributed by atoms with E-state index in [1.807, 2.05) is 42.5 Å². The van der Waals surface area contributed by atoms with Crippen molar-refractivity contribution in [2.45, 2.75) is 13.8 Å². The fourth-order valence-electron chi connectivity index (χ4n) is 2.73. The van der Waals surface area contributed by atoms with Crippen LogP contribution in [0.5, 0.6) is 0 Å². The molecule has 3 rings (SSSR count). The summed E-state index contributed by atoms with van der Waals surface area (Å²) < 4.78 is 5.14. The van der Waals surface area contributed by atoms with Crippen molar-refractivity contribution in [2.75, 3.05) is 6.61 Å². The highest BCUT2D eigenvalue weighted by Crippen LogP contribution is 2.26. The predicted octanol–water partition coefficient (Wildman–Crippen LogP) is 3.68. The van der Waals surface area contributed by atoms with Gasteiger partial charge in [-0.3, -0.25) is 4.79 Å². The lowest BCUT2D eigenvalue weighted by atomic mass is 9.98. The first-order valence-corrected chi connectivity index (χ1v) is 7.51. The third-order valence-electron chi connectivity index (χ3n) is 3.80. The highest BCUT2D eigenvalue weighted by molar-refractivity contribution is 6.06. The zero-order valence-electron chi connectivity index (χ0n) is 13.1. The summed E-state index contributed by atoms with van der Waals surface area (Å²) in [7, 11) is 0. The molecule has 23 heavy (non-hydrogen) atoms. The largest absolute Gasteiger partial charge is 0.462 e. The number of nitrogens with one attached hydrogen (secondary N) is 1. The number of H-pyrrole nitrogens is 1. The lowest BCUT2D eigenvalue weighted by Gasteiger charge is -2.11. The average Bonchev–Trinajstić information content (AvgIpc) is 2.55. The maximum atomic E-state index is 12.3. The van der Waals surface area contributed by atoms with Crippen LogP contribution in [0.2, 0.25) is 0 Å². The quantitative estimate of drug-likeness (QED) is 0.751. The Labute approximate surface area is 133 Å². The van der Waals surface area contributed by atoms with Crippen LogP contribution in [0, 0.1) is 6.92 Å². The first-order valence-electron chi connectivity index (χ1n) is 7.51. The molecule has 2 aromatic carbocycles. The zero-order valence-corrected chi connectivity index (χ0v) is 13.1. The molecular formula is C19H17NO3. The number of hydrogen-bond donors (Lipinski definition) is 1. The minimum atomic E-state index is -0.420. The van der Waals surface area contributed by atoms with Crippen LogP contribution in [0.25, 0.3) is 21.9 Å². The van der Waals surface area contributed by atoms with Crippen LogP contribution in [0.15, 0.2) is 53.3 Å². The molecule has 0 aliphatic heterocycles. The lowest BCUT2D eigenvalue weighted by molar-refractivity contribution is 0.0527. The van der Waals surface area contributed by atoms with Crippen molar-refractivity contribution in [1.82, 2.24) is 4.98 Å². The van der Waals surface area contributed by atoms with Gasteiger partial charge in [-0.15, -0.1) is 0 Å². The number of benzene rings is 2. The van der Waals surface area contributed by atoms with E-state index in [1.54, 1.807) is 19.9 Å². The summed E-state index contributed by atoms with van der Waals surface area (Å²) in [6, 6.07) is 15.3. The third kappa shape index (κ3) is 2.75. The SMILES string of the molecule is CCOC(=O)c1c(C)[nH]c(=O)c2ccc(-c3ccccc3)cc12. The van der Waals surface area contributed by atoms with Gasteiger partial charge in [0, 0.05) is 16.5 Å². The van der Waals surface area contributed by atoms with Crippen LogP contribution < -0.4 is 5.56 Å². The highest BCUT2D eigenvalue weighted by Gasteiger charge is 2.17. The van der Waals surface area contributed by atoms with Gasteiger partial charge in [-0.05, 0) is 37.1 Å². The van der Waals surface area contributed by atoms with Gasteiger partial charge in [-0.2, -0.15) is 0 Å². The lowest BCUT2D eigenvalue weighted by Crippen LogP contribution is -2.16. The molecule has 0 atom stereocenters. The van der Waals surface area contributed by atoms with Gasteiger partial charge in [0.15, 0.2) is 0 Å². The van der Waals surface area contributed by atoms with Gasteiger partial charge in [0.05, 0.1) is 12.2 Å². The van der Waals surface area contributed by atoms with Crippen LogP contribution in [0.4, 0.5) is 0 Å². The summed E-state index contributed by atoms with van der Waals surface area (Å²) in [6.07, 6.45) is 0. The number of ether oxygens (including phenoxy) is 1. The third-order valence-corrected chi connectivity index (χ3v) is 3.80. The number of aromatic amines is 1. The van der Waals surface area contributed by atoms with Crippen LogP contribution in [0.3, 0.4) is 0 Å². The fourth-order valence-corrected chi connectivity index (χ4v) is 2.73. The van der Waals surface area contributed by atoms with E-state index < -0.39 is 5.97 Å². The summed E-state index contributed by atoms with van der Waals surface area (Å²) in [4.78, 5) is 27.2. The smallest absolute Gasteiger partial charge is 0.340 e. The van der Waals surface area contributed by atoms with Crippen LogP contribution in [-0.4, -0.2) is 17.6 Å². The standard InChI is InChI=1S/C19H17NO3/c1-3-23-19(22)17-12(2)20-18(21)15-10-9-14(11-16(15)17)13-7-5-4-6-8-13/h4-11H,3H2,1-2H3,(H,20,21). The Morgan fingerprint density at radius 1 is 1.04 bits per heavy atom. The molecule has 1 N–H and O–H groups in total. The number of carbonyl (C=O) groups is 1. The van der Waals surface area contributed by atoms with Gasteiger partial charge >= 0.3 is 5.97 Å². The first-order chi connectivity index (χ1) is 11.1. The Bertz CT molecular complexity index is 926. The van der Waals surface area contributed by atoms with Crippen molar-refractivity contribution >= 4 is 16.7 Å². The molecule has 3 aromatic rings. The van der Waals surface area contributed by atoms with Crippen molar-refractivity contribution in [1.29, 1.82) is 0 Å². The molecular weight excluding hydrogens is 290 g/mol. The second kappa shape index (κ2) is 6.08. The molecule has 0 unspecified atom stereocenters. The summed E-state index contributed by atoms with van der Waals surface area (Å²) in [6.45, 7) is 3.76. The second-order valence-electron chi connectivity index (χ2n) is 5.30. The maximum absolute atomic E-state index is 12.3. The summed E-state index contributed by atoms with van der Waals surface area (Å²) >= 11 is 0. The number of carbonyl (C=O) groups excluding carboxylic acids is 1. The Hall–Kier alpha value is -2.88. The van der Waals surface area contributed by atoms with Gasteiger partial charge in [-0.1, -0.05) is 36.4 Å². The molecule has 4 nitrogen and oxygen atoms in total. The van der Waals surface area contributed by atoms with E-state index in [1.165, 1.54) is 0 Å². The molecule has 4 heteroatoms. The van der Waals surface area contributed by atoms with Gasteiger partial charge in [-0.25, -0.2) is 4.79 Å². The topological polar surface area (TPSA) is 59.2 Å². The number of pyridine rings is 1. The molecule has 0 fully saturated rings. The number of aryl methyl sites for hydroxylation is 1. The van der Waals surface area contributed by atoms with Gasteiger partial charge in [0.2, 0.25) is 0 Å². The number of rotatable bonds is 3. The van der Waals surface area contributed by atoms with Crippen molar-refractivity contribution in [3.8, 4) is 11.1 Å². The summed E-state index contributed by atoms with van der Waals surface area (Å²) in [5.41, 5.74) is 2.71. The molecule has 1 aromatic heterocycles. The molecule has 0 aliphatic rings. The minimum Gasteiger partial charge on any atom is -0.462 e. The van der Waals surface area contributed by atoms with Crippen molar-refractivity contribution in [3.63, 3.8) is 0 Å². The molecule has 0 spiro atoms. The monoisotopic (exact) mass is 307 g/mol. The molecule has 0 amide bonds. The minimum absolute atomic E-state index is 0.204. The van der Waals surface area contributed by atoms with Crippen molar-refractivity contribution < 1.29 is 9.53 Å². The van der Waals surface area contributed by atoms with Gasteiger partial charge in [0.25, 0.3) is 5.56 Å². The summed E-state index contributed by atoms with van der Waals surface area (Å²) in [5, 5.41) is 1.10. The molecule has 1 heterocycles. The normalized spacial score (nSPS) is 10.7.